The van der Waals surface area contributed by atoms with E-state index in [9.17, 15) is 0 Å². The number of hydrogen-bond acceptors (Lipinski definition) is 3. The highest BCUT2D eigenvalue weighted by Crippen LogP contribution is 2.32. The highest BCUT2D eigenvalue weighted by molar-refractivity contribution is 5.85. The van der Waals surface area contributed by atoms with Crippen molar-refractivity contribution in [1.82, 2.24) is 5.32 Å². The minimum atomic E-state index is 0. The lowest BCUT2D eigenvalue weighted by atomic mass is 10.00. The molecule has 4 rings (SSSR count). The van der Waals surface area contributed by atoms with E-state index in [0.29, 0.717) is 6.04 Å². The molecular weight excluding hydrogens is 298 g/mol. The molecule has 0 aliphatic carbocycles. The van der Waals surface area contributed by atoms with E-state index in [1.54, 1.807) is 0 Å². The van der Waals surface area contributed by atoms with Crippen LogP contribution in [0.15, 0.2) is 42.5 Å². The number of para-hydroxylation sites is 1. The topological polar surface area (TPSA) is 30.5 Å². The molecule has 0 bridgehead atoms. The zero-order valence-electron chi connectivity index (χ0n) is 12.4. The Morgan fingerprint density at radius 2 is 1.86 bits per heavy atom. The first kappa shape index (κ1) is 15.2. The molecule has 0 fully saturated rings. The van der Waals surface area contributed by atoms with E-state index in [4.69, 9.17) is 9.47 Å². The van der Waals surface area contributed by atoms with Crippen molar-refractivity contribution in [3.8, 4) is 11.5 Å². The molecule has 1 atom stereocenters. The molecule has 116 valence electrons. The lowest BCUT2D eigenvalue weighted by Crippen LogP contribution is -2.26. The summed E-state index contributed by atoms with van der Waals surface area (Å²) in [4.78, 5) is 0. The highest BCUT2D eigenvalue weighted by Gasteiger charge is 2.20. The monoisotopic (exact) mass is 317 g/mol. The molecular formula is C18H20ClNO2. The lowest BCUT2D eigenvalue weighted by Gasteiger charge is -2.26. The van der Waals surface area contributed by atoms with Crippen LogP contribution in [0.2, 0.25) is 0 Å². The van der Waals surface area contributed by atoms with Gasteiger partial charge in [-0.15, -0.1) is 12.4 Å². The molecule has 22 heavy (non-hydrogen) atoms. The molecule has 1 unspecified atom stereocenters. The Hall–Kier alpha value is -1.71. The van der Waals surface area contributed by atoms with Crippen LogP contribution in [0.4, 0.5) is 0 Å². The first-order valence-electron chi connectivity index (χ1n) is 7.60. The van der Waals surface area contributed by atoms with E-state index in [1.807, 2.05) is 6.07 Å². The third-order valence-corrected chi connectivity index (χ3v) is 4.26. The van der Waals surface area contributed by atoms with Gasteiger partial charge in [0.2, 0.25) is 0 Å². The van der Waals surface area contributed by atoms with Crippen molar-refractivity contribution in [2.75, 3.05) is 13.2 Å². The van der Waals surface area contributed by atoms with Crippen LogP contribution in [0.25, 0.3) is 0 Å². The molecule has 0 aromatic heterocycles. The summed E-state index contributed by atoms with van der Waals surface area (Å²) in [5, 5.41) is 3.66. The van der Waals surface area contributed by atoms with Gasteiger partial charge in [0.15, 0.2) is 0 Å². The number of hydrogen-bond donors (Lipinski definition) is 1. The number of ether oxygens (including phenoxy) is 2. The van der Waals surface area contributed by atoms with Gasteiger partial charge in [-0.3, -0.25) is 0 Å². The van der Waals surface area contributed by atoms with Crippen molar-refractivity contribution < 1.29 is 9.47 Å². The second-order valence-electron chi connectivity index (χ2n) is 5.65. The predicted molar refractivity (Wildman–Crippen MR) is 89.0 cm³/mol. The van der Waals surface area contributed by atoms with Gasteiger partial charge in [-0.2, -0.15) is 0 Å². The fraction of sp³-hybridized carbons (Fsp3) is 0.333. The number of nitrogens with one attached hydrogen (secondary N) is 1. The van der Waals surface area contributed by atoms with Crippen LogP contribution in [0.1, 0.15) is 29.2 Å². The van der Waals surface area contributed by atoms with E-state index in [2.05, 4.69) is 41.7 Å². The van der Waals surface area contributed by atoms with Crippen molar-refractivity contribution in [2.24, 2.45) is 0 Å². The lowest BCUT2D eigenvalue weighted by molar-refractivity contribution is 0.252. The molecule has 2 heterocycles. The molecule has 4 heteroatoms. The Morgan fingerprint density at radius 1 is 1.00 bits per heavy atom. The third-order valence-electron chi connectivity index (χ3n) is 4.26. The molecule has 1 N–H and O–H groups in total. The second kappa shape index (κ2) is 6.59. The minimum Gasteiger partial charge on any atom is -0.493 e. The molecule has 0 radical (unpaired) electrons. The molecule has 2 aliphatic heterocycles. The summed E-state index contributed by atoms with van der Waals surface area (Å²) in [6, 6.07) is 15.2. The number of fused-ring (bicyclic) bond motifs is 2. The van der Waals surface area contributed by atoms with Gasteiger partial charge in [0.1, 0.15) is 11.5 Å². The average molecular weight is 318 g/mol. The Balaban J connectivity index is 0.00000144. The zero-order chi connectivity index (χ0) is 14.1. The zero-order valence-corrected chi connectivity index (χ0v) is 13.2. The summed E-state index contributed by atoms with van der Waals surface area (Å²) in [5.74, 6) is 2.07. The molecule has 0 amide bonds. The van der Waals surface area contributed by atoms with Gasteiger partial charge >= 0.3 is 0 Å². The SMILES string of the molecule is Cl.c1ccc2c(c1)OCCC2NCc1ccc2c(c1)CCO2. The summed E-state index contributed by atoms with van der Waals surface area (Å²) in [6.07, 6.45) is 2.05. The molecule has 0 saturated carbocycles. The van der Waals surface area contributed by atoms with Crippen molar-refractivity contribution in [1.29, 1.82) is 0 Å². The van der Waals surface area contributed by atoms with Crippen LogP contribution < -0.4 is 14.8 Å². The van der Waals surface area contributed by atoms with Gasteiger partial charge in [0, 0.05) is 31.0 Å². The molecule has 2 aromatic carbocycles. The number of halogens is 1. The Labute approximate surface area is 137 Å². The van der Waals surface area contributed by atoms with E-state index in [-0.39, 0.29) is 12.4 Å². The van der Waals surface area contributed by atoms with E-state index >= 15 is 0 Å². The molecule has 3 nitrogen and oxygen atoms in total. The predicted octanol–water partition coefficient (Wildman–Crippen LogP) is 3.66. The van der Waals surface area contributed by atoms with Crippen LogP contribution in [-0.4, -0.2) is 13.2 Å². The first-order valence-corrected chi connectivity index (χ1v) is 7.60. The van der Waals surface area contributed by atoms with Gasteiger partial charge in [-0.05, 0) is 23.3 Å². The normalized spacial score (nSPS) is 18.5. The molecule has 2 aromatic rings. The van der Waals surface area contributed by atoms with Gasteiger partial charge in [0.05, 0.1) is 13.2 Å². The Morgan fingerprint density at radius 3 is 2.82 bits per heavy atom. The van der Waals surface area contributed by atoms with Crippen LogP contribution in [0, 0.1) is 0 Å². The summed E-state index contributed by atoms with van der Waals surface area (Å²) in [5.41, 5.74) is 3.93. The average Bonchev–Trinajstić information content (AvgIpc) is 3.00. The van der Waals surface area contributed by atoms with Crippen LogP contribution >= 0.6 is 12.4 Å². The number of benzene rings is 2. The van der Waals surface area contributed by atoms with Crippen LogP contribution in [0.5, 0.6) is 11.5 Å². The minimum absolute atomic E-state index is 0. The quantitative estimate of drug-likeness (QED) is 0.937. The maximum absolute atomic E-state index is 5.71. The summed E-state index contributed by atoms with van der Waals surface area (Å²) >= 11 is 0. The van der Waals surface area contributed by atoms with E-state index < -0.39 is 0 Å². The third kappa shape index (κ3) is 2.92. The fourth-order valence-corrected chi connectivity index (χ4v) is 3.15. The van der Waals surface area contributed by atoms with Crippen molar-refractivity contribution in [3.05, 3.63) is 59.2 Å². The van der Waals surface area contributed by atoms with Crippen LogP contribution in [-0.2, 0) is 13.0 Å². The summed E-state index contributed by atoms with van der Waals surface area (Å²) < 4.78 is 11.3. The van der Waals surface area contributed by atoms with Crippen LogP contribution in [0.3, 0.4) is 0 Å². The fourth-order valence-electron chi connectivity index (χ4n) is 3.15. The maximum atomic E-state index is 5.71. The second-order valence-corrected chi connectivity index (χ2v) is 5.65. The van der Waals surface area contributed by atoms with E-state index in [0.717, 1.165) is 44.1 Å². The smallest absolute Gasteiger partial charge is 0.124 e. The standard InChI is InChI=1S/C18H19NO2.ClH/c1-2-4-18-15(3-1)16(8-10-21-18)19-12-13-5-6-17-14(11-13)7-9-20-17;/h1-6,11,16,19H,7-10,12H2;1H. The molecule has 0 saturated heterocycles. The maximum Gasteiger partial charge on any atom is 0.124 e. The molecule has 2 aliphatic rings. The largest absolute Gasteiger partial charge is 0.493 e. The number of rotatable bonds is 3. The van der Waals surface area contributed by atoms with Gasteiger partial charge in [-0.25, -0.2) is 0 Å². The summed E-state index contributed by atoms with van der Waals surface area (Å²) in [6.45, 7) is 2.48. The van der Waals surface area contributed by atoms with Crippen molar-refractivity contribution in [2.45, 2.75) is 25.4 Å². The Bertz CT molecular complexity index is 659. The summed E-state index contributed by atoms with van der Waals surface area (Å²) in [7, 11) is 0. The van der Waals surface area contributed by atoms with Gasteiger partial charge < -0.3 is 14.8 Å². The molecule has 0 spiro atoms. The Kier molecular flexibility index (Phi) is 4.55. The van der Waals surface area contributed by atoms with E-state index in [1.165, 1.54) is 16.7 Å². The van der Waals surface area contributed by atoms with Gasteiger partial charge in [-0.1, -0.05) is 30.3 Å². The van der Waals surface area contributed by atoms with Crippen molar-refractivity contribution >= 4 is 12.4 Å². The van der Waals surface area contributed by atoms with Gasteiger partial charge in [0.25, 0.3) is 0 Å². The first-order chi connectivity index (χ1) is 10.4. The van der Waals surface area contributed by atoms with Crippen molar-refractivity contribution in [3.63, 3.8) is 0 Å². The highest BCUT2D eigenvalue weighted by atomic mass is 35.5.